The van der Waals surface area contributed by atoms with Crippen LogP contribution in [0.15, 0.2) is 0 Å². The van der Waals surface area contributed by atoms with E-state index in [1.54, 1.807) is 0 Å². The van der Waals surface area contributed by atoms with Crippen molar-refractivity contribution in [3.05, 3.63) is 0 Å². The summed E-state index contributed by atoms with van der Waals surface area (Å²) >= 11 is 0. The fraction of sp³-hybridized carbons (Fsp3) is 0.933. The Bertz CT molecular complexity index is 308. The quantitative estimate of drug-likeness (QED) is 0.767. The number of rotatable bonds is 6. The van der Waals surface area contributed by atoms with E-state index in [2.05, 4.69) is 37.9 Å². The summed E-state index contributed by atoms with van der Waals surface area (Å²) in [4.78, 5) is 14.2. The zero-order valence-corrected chi connectivity index (χ0v) is 13.6. The van der Waals surface area contributed by atoms with Crippen LogP contribution >= 0.6 is 0 Å². The molecule has 0 spiro atoms. The van der Waals surface area contributed by atoms with Gasteiger partial charge in [0.25, 0.3) is 0 Å². The van der Waals surface area contributed by atoms with Gasteiger partial charge in [-0.2, -0.15) is 0 Å². The van der Waals surface area contributed by atoms with E-state index in [1.165, 1.54) is 0 Å². The Morgan fingerprint density at radius 2 is 1.95 bits per heavy atom. The second-order valence-corrected chi connectivity index (χ2v) is 6.77. The SMILES string of the molecule is CC(N)CCC(=O)NCC(C)(C)N1CC(C)OC(C)C1. The molecule has 0 aliphatic carbocycles. The van der Waals surface area contributed by atoms with Crippen molar-refractivity contribution >= 4 is 5.91 Å². The summed E-state index contributed by atoms with van der Waals surface area (Å²) in [6.45, 7) is 12.9. The second kappa shape index (κ2) is 7.38. The Kier molecular flexibility index (Phi) is 6.43. The number of nitrogens with zero attached hydrogens (tertiary/aromatic N) is 1. The largest absolute Gasteiger partial charge is 0.373 e. The van der Waals surface area contributed by atoms with Crippen LogP contribution < -0.4 is 11.1 Å². The Hall–Kier alpha value is -0.650. The molecule has 3 N–H and O–H groups in total. The van der Waals surface area contributed by atoms with Crippen LogP contribution in [0.2, 0.25) is 0 Å². The van der Waals surface area contributed by atoms with Crippen molar-refractivity contribution in [2.24, 2.45) is 5.73 Å². The van der Waals surface area contributed by atoms with Crippen LogP contribution in [-0.2, 0) is 9.53 Å². The Balaban J connectivity index is 2.42. The van der Waals surface area contributed by atoms with Crippen molar-refractivity contribution in [3.63, 3.8) is 0 Å². The van der Waals surface area contributed by atoms with Gasteiger partial charge in [0.2, 0.25) is 5.91 Å². The third-order valence-corrected chi connectivity index (χ3v) is 3.82. The minimum atomic E-state index is -0.0592. The molecule has 0 aromatic carbocycles. The average molecular weight is 285 g/mol. The maximum Gasteiger partial charge on any atom is 0.220 e. The van der Waals surface area contributed by atoms with Gasteiger partial charge < -0.3 is 15.8 Å². The highest BCUT2D eigenvalue weighted by Crippen LogP contribution is 2.20. The molecule has 1 aliphatic heterocycles. The first-order valence-corrected chi connectivity index (χ1v) is 7.63. The number of carbonyl (C=O) groups is 1. The minimum absolute atomic E-state index is 0.0592. The van der Waals surface area contributed by atoms with Crippen LogP contribution in [0.1, 0.15) is 47.5 Å². The lowest BCUT2D eigenvalue weighted by molar-refractivity contribution is -0.123. The highest BCUT2D eigenvalue weighted by molar-refractivity contribution is 5.75. The molecule has 1 fully saturated rings. The zero-order chi connectivity index (χ0) is 15.3. The van der Waals surface area contributed by atoms with E-state index in [0.29, 0.717) is 13.0 Å². The van der Waals surface area contributed by atoms with E-state index < -0.39 is 0 Å². The van der Waals surface area contributed by atoms with Crippen molar-refractivity contribution in [1.29, 1.82) is 0 Å². The molecule has 118 valence electrons. The lowest BCUT2D eigenvalue weighted by atomic mass is 10.00. The lowest BCUT2D eigenvalue weighted by Crippen LogP contribution is -2.58. The van der Waals surface area contributed by atoms with Crippen molar-refractivity contribution in [2.45, 2.75) is 71.2 Å². The van der Waals surface area contributed by atoms with Crippen molar-refractivity contribution < 1.29 is 9.53 Å². The fourth-order valence-corrected chi connectivity index (χ4v) is 2.55. The van der Waals surface area contributed by atoms with Crippen LogP contribution in [0.4, 0.5) is 0 Å². The van der Waals surface area contributed by atoms with Gasteiger partial charge in [-0.05, 0) is 41.0 Å². The molecule has 1 saturated heterocycles. The molecule has 3 atom stereocenters. The monoisotopic (exact) mass is 285 g/mol. The van der Waals surface area contributed by atoms with Crippen LogP contribution in [-0.4, -0.2) is 54.2 Å². The number of carbonyl (C=O) groups excluding carboxylic acids is 1. The van der Waals surface area contributed by atoms with Crippen LogP contribution in [0, 0.1) is 0 Å². The van der Waals surface area contributed by atoms with Crippen LogP contribution in [0.3, 0.4) is 0 Å². The minimum Gasteiger partial charge on any atom is -0.373 e. The predicted molar refractivity (Wildman–Crippen MR) is 81.6 cm³/mol. The molecule has 3 unspecified atom stereocenters. The third kappa shape index (κ3) is 5.77. The van der Waals surface area contributed by atoms with Gasteiger partial charge in [-0.3, -0.25) is 9.69 Å². The van der Waals surface area contributed by atoms with Gasteiger partial charge in [-0.25, -0.2) is 0 Å². The standard InChI is InChI=1S/C15H31N3O2/c1-11(16)6-7-14(19)17-10-15(4,5)18-8-12(2)20-13(3)9-18/h11-13H,6-10,16H2,1-5H3,(H,17,19). The summed E-state index contributed by atoms with van der Waals surface area (Å²) in [7, 11) is 0. The summed E-state index contributed by atoms with van der Waals surface area (Å²) in [5.41, 5.74) is 5.61. The summed E-state index contributed by atoms with van der Waals surface area (Å²) in [5.74, 6) is 0.0877. The summed E-state index contributed by atoms with van der Waals surface area (Å²) in [6, 6.07) is 0.0784. The van der Waals surface area contributed by atoms with Gasteiger partial charge in [0.15, 0.2) is 0 Å². The molecular formula is C15H31N3O2. The first kappa shape index (κ1) is 17.4. The molecule has 20 heavy (non-hydrogen) atoms. The molecule has 1 heterocycles. The van der Waals surface area contributed by atoms with E-state index in [-0.39, 0.29) is 29.7 Å². The molecular weight excluding hydrogens is 254 g/mol. The molecule has 5 nitrogen and oxygen atoms in total. The van der Waals surface area contributed by atoms with E-state index in [4.69, 9.17) is 10.5 Å². The molecule has 0 aromatic rings. The number of amides is 1. The van der Waals surface area contributed by atoms with Crippen LogP contribution in [0.25, 0.3) is 0 Å². The maximum atomic E-state index is 11.8. The van der Waals surface area contributed by atoms with E-state index in [0.717, 1.165) is 19.5 Å². The first-order valence-electron chi connectivity index (χ1n) is 7.63. The van der Waals surface area contributed by atoms with E-state index in [9.17, 15) is 4.79 Å². The number of hydrogen-bond acceptors (Lipinski definition) is 4. The fourth-order valence-electron chi connectivity index (χ4n) is 2.55. The van der Waals surface area contributed by atoms with Gasteiger partial charge in [0, 0.05) is 37.6 Å². The molecule has 0 radical (unpaired) electrons. The third-order valence-electron chi connectivity index (χ3n) is 3.82. The maximum absolute atomic E-state index is 11.8. The molecule has 5 heteroatoms. The topological polar surface area (TPSA) is 67.6 Å². The first-order chi connectivity index (χ1) is 9.20. The number of hydrogen-bond donors (Lipinski definition) is 2. The van der Waals surface area contributed by atoms with Gasteiger partial charge in [-0.1, -0.05) is 0 Å². The van der Waals surface area contributed by atoms with Crippen LogP contribution in [0.5, 0.6) is 0 Å². The highest BCUT2D eigenvalue weighted by atomic mass is 16.5. The van der Waals surface area contributed by atoms with Crippen molar-refractivity contribution in [3.8, 4) is 0 Å². The lowest BCUT2D eigenvalue weighted by Gasteiger charge is -2.45. The summed E-state index contributed by atoms with van der Waals surface area (Å²) in [5, 5.41) is 3.03. The molecule has 0 saturated carbocycles. The number of nitrogens with one attached hydrogen (secondary N) is 1. The predicted octanol–water partition coefficient (Wildman–Crippen LogP) is 1.12. The normalized spacial score (nSPS) is 26.3. The molecule has 1 amide bonds. The molecule has 0 aromatic heterocycles. The molecule has 1 rings (SSSR count). The summed E-state index contributed by atoms with van der Waals surface area (Å²) < 4.78 is 5.76. The van der Waals surface area contributed by atoms with E-state index in [1.807, 2.05) is 6.92 Å². The summed E-state index contributed by atoms with van der Waals surface area (Å²) in [6.07, 6.45) is 1.72. The number of ether oxygens (including phenoxy) is 1. The van der Waals surface area contributed by atoms with Gasteiger partial charge in [-0.15, -0.1) is 0 Å². The molecule has 1 aliphatic rings. The average Bonchev–Trinajstić information content (AvgIpc) is 2.32. The number of morpholine rings is 1. The highest BCUT2D eigenvalue weighted by Gasteiger charge is 2.33. The number of nitrogens with two attached hydrogens (primary N) is 1. The van der Waals surface area contributed by atoms with Gasteiger partial charge in [0.1, 0.15) is 0 Å². The van der Waals surface area contributed by atoms with Gasteiger partial charge >= 0.3 is 0 Å². The molecule has 0 bridgehead atoms. The Morgan fingerprint density at radius 3 is 2.45 bits per heavy atom. The Labute approximate surface area is 123 Å². The van der Waals surface area contributed by atoms with Gasteiger partial charge in [0.05, 0.1) is 12.2 Å². The Morgan fingerprint density at radius 1 is 1.40 bits per heavy atom. The van der Waals surface area contributed by atoms with Crippen molar-refractivity contribution in [1.82, 2.24) is 10.2 Å². The zero-order valence-electron chi connectivity index (χ0n) is 13.6. The smallest absolute Gasteiger partial charge is 0.220 e. The van der Waals surface area contributed by atoms with E-state index >= 15 is 0 Å². The second-order valence-electron chi connectivity index (χ2n) is 6.77. The van der Waals surface area contributed by atoms with Crippen molar-refractivity contribution in [2.75, 3.05) is 19.6 Å².